The molecule has 3 nitrogen and oxygen atoms in total. The number of anilines is 1. The van der Waals surface area contributed by atoms with Gasteiger partial charge in [-0.25, -0.2) is 4.98 Å². The SMILES string of the molecule is CCC(C)CC(C)n1c(N)nc2ccc(Cl)cc21. The van der Waals surface area contributed by atoms with Gasteiger partial charge in [-0.15, -0.1) is 0 Å². The van der Waals surface area contributed by atoms with E-state index in [2.05, 4.69) is 30.3 Å². The first-order valence-corrected chi connectivity index (χ1v) is 6.83. The minimum atomic E-state index is 0.336. The Morgan fingerprint density at radius 3 is 2.78 bits per heavy atom. The van der Waals surface area contributed by atoms with Crippen LogP contribution in [-0.2, 0) is 0 Å². The Labute approximate surface area is 113 Å². The molecule has 2 atom stereocenters. The fraction of sp³-hybridized carbons (Fsp3) is 0.500. The van der Waals surface area contributed by atoms with Gasteiger partial charge in [-0.3, -0.25) is 0 Å². The molecule has 1 aromatic carbocycles. The second kappa shape index (κ2) is 5.19. The van der Waals surface area contributed by atoms with Crippen LogP contribution in [0, 0.1) is 5.92 Å². The number of nitrogens with zero attached hydrogens (tertiary/aromatic N) is 2. The summed E-state index contributed by atoms with van der Waals surface area (Å²) in [6.07, 6.45) is 2.27. The van der Waals surface area contributed by atoms with Crippen LogP contribution in [0.4, 0.5) is 5.95 Å². The monoisotopic (exact) mass is 265 g/mol. The average Bonchev–Trinajstić information content (AvgIpc) is 2.64. The summed E-state index contributed by atoms with van der Waals surface area (Å²) >= 11 is 6.06. The van der Waals surface area contributed by atoms with Crippen molar-refractivity contribution in [2.45, 2.75) is 39.7 Å². The molecule has 2 rings (SSSR count). The molecular formula is C14H20ClN3. The van der Waals surface area contributed by atoms with Gasteiger partial charge in [0.15, 0.2) is 0 Å². The molecule has 0 aliphatic heterocycles. The first kappa shape index (κ1) is 13.2. The minimum absolute atomic E-state index is 0.336. The zero-order chi connectivity index (χ0) is 13.3. The fourth-order valence-electron chi connectivity index (χ4n) is 2.40. The molecule has 0 fully saturated rings. The minimum Gasteiger partial charge on any atom is -0.369 e. The van der Waals surface area contributed by atoms with Crippen molar-refractivity contribution in [2.24, 2.45) is 5.92 Å². The van der Waals surface area contributed by atoms with Crippen molar-refractivity contribution in [2.75, 3.05) is 5.73 Å². The van der Waals surface area contributed by atoms with Gasteiger partial charge in [-0.1, -0.05) is 31.9 Å². The van der Waals surface area contributed by atoms with Gasteiger partial charge in [-0.2, -0.15) is 0 Å². The first-order chi connectivity index (χ1) is 8.52. The van der Waals surface area contributed by atoms with Gasteiger partial charge < -0.3 is 10.3 Å². The van der Waals surface area contributed by atoms with Gasteiger partial charge >= 0.3 is 0 Å². The van der Waals surface area contributed by atoms with Crippen molar-refractivity contribution in [3.63, 3.8) is 0 Å². The lowest BCUT2D eigenvalue weighted by molar-refractivity contribution is 0.407. The van der Waals surface area contributed by atoms with Crippen LogP contribution in [0.2, 0.25) is 5.02 Å². The van der Waals surface area contributed by atoms with E-state index in [1.54, 1.807) is 0 Å². The molecule has 2 unspecified atom stereocenters. The normalized spacial score (nSPS) is 14.9. The van der Waals surface area contributed by atoms with Crippen LogP contribution >= 0.6 is 11.6 Å². The van der Waals surface area contributed by atoms with Crippen molar-refractivity contribution in [1.82, 2.24) is 9.55 Å². The van der Waals surface area contributed by atoms with Gasteiger partial charge in [0.1, 0.15) is 0 Å². The van der Waals surface area contributed by atoms with Crippen LogP contribution in [0.3, 0.4) is 0 Å². The zero-order valence-electron chi connectivity index (χ0n) is 11.2. The summed E-state index contributed by atoms with van der Waals surface area (Å²) in [6, 6.07) is 6.04. The number of aromatic nitrogens is 2. The Morgan fingerprint density at radius 1 is 1.39 bits per heavy atom. The molecule has 0 bridgehead atoms. The van der Waals surface area contributed by atoms with Crippen LogP contribution in [-0.4, -0.2) is 9.55 Å². The van der Waals surface area contributed by atoms with E-state index in [1.165, 1.54) is 6.42 Å². The second-order valence-electron chi connectivity index (χ2n) is 5.07. The predicted octanol–water partition coefficient (Wildman–Crippen LogP) is 4.27. The van der Waals surface area contributed by atoms with Gasteiger partial charge in [0.2, 0.25) is 5.95 Å². The van der Waals surface area contributed by atoms with Crippen molar-refractivity contribution in [1.29, 1.82) is 0 Å². The topological polar surface area (TPSA) is 43.8 Å². The number of hydrogen-bond acceptors (Lipinski definition) is 2. The largest absolute Gasteiger partial charge is 0.369 e. The highest BCUT2D eigenvalue weighted by molar-refractivity contribution is 6.31. The maximum Gasteiger partial charge on any atom is 0.201 e. The molecule has 2 aromatic rings. The molecule has 0 aliphatic rings. The molecule has 0 saturated heterocycles. The highest BCUT2D eigenvalue weighted by Crippen LogP contribution is 2.29. The molecule has 98 valence electrons. The molecule has 1 aromatic heterocycles. The van der Waals surface area contributed by atoms with Crippen molar-refractivity contribution >= 4 is 28.6 Å². The van der Waals surface area contributed by atoms with Gasteiger partial charge in [0.25, 0.3) is 0 Å². The fourth-order valence-corrected chi connectivity index (χ4v) is 2.57. The third kappa shape index (κ3) is 2.46. The molecule has 0 spiro atoms. The Kier molecular flexibility index (Phi) is 3.81. The Balaban J connectivity index is 2.42. The van der Waals surface area contributed by atoms with Crippen LogP contribution in [0.25, 0.3) is 11.0 Å². The lowest BCUT2D eigenvalue weighted by Crippen LogP contribution is -2.11. The molecule has 1 heterocycles. The van der Waals surface area contributed by atoms with E-state index in [9.17, 15) is 0 Å². The Bertz CT molecular complexity index is 547. The van der Waals surface area contributed by atoms with Crippen LogP contribution in [0.1, 0.15) is 39.7 Å². The summed E-state index contributed by atoms with van der Waals surface area (Å²) in [5.41, 5.74) is 7.96. The molecule has 0 saturated carbocycles. The van der Waals surface area contributed by atoms with Crippen molar-refractivity contribution in [3.05, 3.63) is 23.2 Å². The van der Waals surface area contributed by atoms with E-state index in [1.807, 2.05) is 18.2 Å². The second-order valence-corrected chi connectivity index (χ2v) is 5.51. The van der Waals surface area contributed by atoms with Crippen molar-refractivity contribution < 1.29 is 0 Å². The number of rotatable bonds is 4. The van der Waals surface area contributed by atoms with Gasteiger partial charge in [0.05, 0.1) is 11.0 Å². The number of halogens is 1. The summed E-state index contributed by atoms with van der Waals surface area (Å²) < 4.78 is 2.09. The summed E-state index contributed by atoms with van der Waals surface area (Å²) in [5, 5.41) is 0.722. The standard InChI is InChI=1S/C14H20ClN3/c1-4-9(2)7-10(3)18-13-8-11(15)5-6-12(13)17-14(18)16/h5-6,8-10H,4,7H2,1-3H3,(H2,16,17). The quantitative estimate of drug-likeness (QED) is 0.897. The zero-order valence-corrected chi connectivity index (χ0v) is 11.9. The van der Waals surface area contributed by atoms with Crippen LogP contribution in [0.15, 0.2) is 18.2 Å². The lowest BCUT2D eigenvalue weighted by atomic mass is 10.00. The highest BCUT2D eigenvalue weighted by Gasteiger charge is 2.16. The van der Waals surface area contributed by atoms with E-state index in [-0.39, 0.29) is 0 Å². The summed E-state index contributed by atoms with van der Waals surface area (Å²) in [4.78, 5) is 4.39. The third-order valence-corrected chi connectivity index (χ3v) is 3.80. The molecule has 18 heavy (non-hydrogen) atoms. The molecule has 4 heteroatoms. The predicted molar refractivity (Wildman–Crippen MR) is 77.9 cm³/mol. The average molecular weight is 266 g/mol. The molecule has 0 aliphatic carbocycles. The number of imidazole rings is 1. The lowest BCUT2D eigenvalue weighted by Gasteiger charge is -2.19. The van der Waals surface area contributed by atoms with Crippen LogP contribution in [0.5, 0.6) is 0 Å². The first-order valence-electron chi connectivity index (χ1n) is 6.45. The summed E-state index contributed by atoms with van der Waals surface area (Å²) in [5.74, 6) is 1.25. The van der Waals surface area contributed by atoms with E-state index in [4.69, 9.17) is 17.3 Å². The number of benzene rings is 1. The van der Waals surface area contributed by atoms with Crippen LogP contribution < -0.4 is 5.73 Å². The maximum absolute atomic E-state index is 6.06. The summed E-state index contributed by atoms with van der Waals surface area (Å²) in [7, 11) is 0. The van der Waals surface area contributed by atoms with Gasteiger partial charge in [0, 0.05) is 11.1 Å². The Hall–Kier alpha value is -1.22. The number of nitrogen functional groups attached to an aromatic ring is 1. The van der Waals surface area contributed by atoms with E-state index >= 15 is 0 Å². The highest BCUT2D eigenvalue weighted by atomic mass is 35.5. The van der Waals surface area contributed by atoms with E-state index in [0.717, 1.165) is 22.5 Å². The molecule has 2 N–H and O–H groups in total. The molecular weight excluding hydrogens is 246 g/mol. The maximum atomic E-state index is 6.06. The number of fused-ring (bicyclic) bond motifs is 1. The smallest absolute Gasteiger partial charge is 0.201 e. The number of hydrogen-bond donors (Lipinski definition) is 1. The van der Waals surface area contributed by atoms with E-state index in [0.29, 0.717) is 17.9 Å². The molecule has 0 radical (unpaired) electrons. The van der Waals surface area contributed by atoms with E-state index < -0.39 is 0 Å². The Morgan fingerprint density at radius 2 is 2.11 bits per heavy atom. The van der Waals surface area contributed by atoms with Crippen molar-refractivity contribution in [3.8, 4) is 0 Å². The molecule has 0 amide bonds. The van der Waals surface area contributed by atoms with Gasteiger partial charge in [-0.05, 0) is 37.5 Å². The number of nitrogens with two attached hydrogens (primary N) is 1. The summed E-state index contributed by atoms with van der Waals surface area (Å²) in [6.45, 7) is 6.66. The third-order valence-electron chi connectivity index (χ3n) is 3.56.